The van der Waals surface area contributed by atoms with Crippen LogP contribution in [0.15, 0.2) is 24.3 Å². The Hall–Kier alpha value is -2.02. The Kier molecular flexibility index (Phi) is 4.34. The average Bonchev–Trinajstić information content (AvgIpc) is 2.28. The number of phenols is 1. The van der Waals surface area contributed by atoms with Gasteiger partial charge in [0.05, 0.1) is 11.6 Å². The second kappa shape index (κ2) is 5.76. The molecular weight excluding hydrogens is 204 g/mol. The van der Waals surface area contributed by atoms with Crippen molar-refractivity contribution in [1.82, 2.24) is 4.90 Å². The molecule has 4 heteroatoms. The second-order valence-electron chi connectivity index (χ2n) is 3.40. The van der Waals surface area contributed by atoms with Crippen molar-refractivity contribution in [2.75, 3.05) is 13.1 Å². The lowest BCUT2D eigenvalue weighted by Gasteiger charge is -2.19. The molecule has 0 atom stereocenters. The van der Waals surface area contributed by atoms with Crippen molar-refractivity contribution in [2.45, 2.75) is 13.3 Å². The normalized spacial score (nSPS) is 9.50. The molecule has 0 radical (unpaired) electrons. The standard InChI is InChI=1S/C12H14N2O2/c1-2-8-14(9-7-13)12(16)10-5-3-4-6-11(10)15/h3-6,15H,2,8-9H2,1H3. The predicted octanol–water partition coefficient (Wildman–Crippen LogP) is 1.77. The average molecular weight is 218 g/mol. The van der Waals surface area contributed by atoms with Gasteiger partial charge < -0.3 is 10.0 Å². The van der Waals surface area contributed by atoms with Crippen LogP contribution in [0.3, 0.4) is 0 Å². The second-order valence-corrected chi connectivity index (χ2v) is 3.40. The SMILES string of the molecule is CCCN(CC#N)C(=O)c1ccccc1O. The van der Waals surface area contributed by atoms with Crippen molar-refractivity contribution in [1.29, 1.82) is 5.26 Å². The van der Waals surface area contributed by atoms with Gasteiger partial charge in [-0.25, -0.2) is 0 Å². The van der Waals surface area contributed by atoms with E-state index in [2.05, 4.69) is 0 Å². The number of nitrogens with zero attached hydrogens (tertiary/aromatic N) is 2. The number of carbonyl (C=O) groups is 1. The summed E-state index contributed by atoms with van der Waals surface area (Å²) >= 11 is 0. The molecule has 0 bridgehead atoms. The summed E-state index contributed by atoms with van der Waals surface area (Å²) < 4.78 is 0. The van der Waals surface area contributed by atoms with Crippen LogP contribution >= 0.6 is 0 Å². The van der Waals surface area contributed by atoms with E-state index in [1.807, 2.05) is 13.0 Å². The molecule has 1 aromatic carbocycles. The summed E-state index contributed by atoms with van der Waals surface area (Å²) in [5, 5.41) is 18.2. The minimum Gasteiger partial charge on any atom is -0.507 e. The van der Waals surface area contributed by atoms with Crippen LogP contribution in [0.1, 0.15) is 23.7 Å². The van der Waals surface area contributed by atoms with Gasteiger partial charge in [0.25, 0.3) is 5.91 Å². The highest BCUT2D eigenvalue weighted by Crippen LogP contribution is 2.17. The maximum atomic E-state index is 12.0. The van der Waals surface area contributed by atoms with Crippen molar-refractivity contribution >= 4 is 5.91 Å². The largest absolute Gasteiger partial charge is 0.507 e. The van der Waals surface area contributed by atoms with Crippen LogP contribution in [0.4, 0.5) is 0 Å². The molecule has 1 aromatic rings. The molecule has 0 fully saturated rings. The first-order chi connectivity index (χ1) is 7.70. The van der Waals surface area contributed by atoms with Gasteiger partial charge in [-0.3, -0.25) is 4.79 Å². The number of hydrogen-bond donors (Lipinski definition) is 1. The maximum absolute atomic E-state index is 12.0. The number of amides is 1. The number of nitriles is 1. The first-order valence-electron chi connectivity index (χ1n) is 5.15. The number of carbonyl (C=O) groups excluding carboxylic acids is 1. The summed E-state index contributed by atoms with van der Waals surface area (Å²) in [5.74, 6) is -0.354. The summed E-state index contributed by atoms with van der Waals surface area (Å²) in [6, 6.07) is 8.30. The Morgan fingerprint density at radius 1 is 1.50 bits per heavy atom. The van der Waals surface area contributed by atoms with Gasteiger partial charge >= 0.3 is 0 Å². The van der Waals surface area contributed by atoms with Gasteiger partial charge in [-0.15, -0.1) is 0 Å². The van der Waals surface area contributed by atoms with Crippen molar-refractivity contribution in [3.63, 3.8) is 0 Å². The van der Waals surface area contributed by atoms with Crippen molar-refractivity contribution in [3.05, 3.63) is 29.8 Å². The maximum Gasteiger partial charge on any atom is 0.258 e. The van der Waals surface area contributed by atoms with E-state index in [9.17, 15) is 9.90 Å². The van der Waals surface area contributed by atoms with Gasteiger partial charge in [0, 0.05) is 6.54 Å². The van der Waals surface area contributed by atoms with Gasteiger partial charge in [-0.1, -0.05) is 19.1 Å². The molecule has 1 rings (SSSR count). The van der Waals surface area contributed by atoms with Crippen LogP contribution in [-0.4, -0.2) is 29.0 Å². The smallest absolute Gasteiger partial charge is 0.258 e. The highest BCUT2D eigenvalue weighted by atomic mass is 16.3. The Labute approximate surface area is 94.7 Å². The fourth-order valence-corrected chi connectivity index (χ4v) is 1.43. The van der Waals surface area contributed by atoms with Crippen LogP contribution in [0.5, 0.6) is 5.75 Å². The fraction of sp³-hybridized carbons (Fsp3) is 0.333. The Morgan fingerprint density at radius 3 is 2.75 bits per heavy atom. The molecule has 0 aliphatic heterocycles. The van der Waals surface area contributed by atoms with Crippen LogP contribution in [0.25, 0.3) is 0 Å². The van der Waals surface area contributed by atoms with Crippen LogP contribution in [-0.2, 0) is 0 Å². The first-order valence-corrected chi connectivity index (χ1v) is 5.15. The van der Waals surface area contributed by atoms with E-state index in [-0.39, 0.29) is 23.8 Å². The van der Waals surface area contributed by atoms with Crippen LogP contribution in [0.2, 0.25) is 0 Å². The quantitative estimate of drug-likeness (QED) is 0.783. The summed E-state index contributed by atoms with van der Waals surface area (Å²) in [6.07, 6.45) is 0.779. The highest BCUT2D eigenvalue weighted by Gasteiger charge is 2.17. The minimum absolute atomic E-state index is 0.0427. The van der Waals surface area contributed by atoms with E-state index >= 15 is 0 Å². The zero-order valence-electron chi connectivity index (χ0n) is 9.18. The van der Waals surface area contributed by atoms with E-state index in [1.165, 1.54) is 11.0 Å². The zero-order valence-corrected chi connectivity index (χ0v) is 9.18. The molecule has 0 unspecified atom stereocenters. The van der Waals surface area contributed by atoms with Gasteiger partial charge in [0.1, 0.15) is 12.3 Å². The van der Waals surface area contributed by atoms with Gasteiger partial charge in [-0.05, 0) is 18.6 Å². The lowest BCUT2D eigenvalue weighted by Crippen LogP contribution is -2.32. The summed E-state index contributed by atoms with van der Waals surface area (Å²) in [6.45, 7) is 2.49. The van der Waals surface area contributed by atoms with E-state index in [4.69, 9.17) is 5.26 Å². The molecule has 0 aromatic heterocycles. The molecule has 1 amide bonds. The fourth-order valence-electron chi connectivity index (χ4n) is 1.43. The third-order valence-electron chi connectivity index (χ3n) is 2.18. The van der Waals surface area contributed by atoms with Gasteiger partial charge in [0.15, 0.2) is 0 Å². The number of rotatable bonds is 4. The molecule has 0 aliphatic carbocycles. The van der Waals surface area contributed by atoms with E-state index in [0.717, 1.165) is 6.42 Å². The molecule has 1 N–H and O–H groups in total. The van der Waals surface area contributed by atoms with Crippen molar-refractivity contribution in [2.24, 2.45) is 0 Å². The van der Waals surface area contributed by atoms with Crippen LogP contribution < -0.4 is 0 Å². The number of aromatic hydroxyl groups is 1. The third-order valence-corrected chi connectivity index (χ3v) is 2.18. The molecular formula is C12H14N2O2. The van der Waals surface area contributed by atoms with Crippen molar-refractivity contribution in [3.8, 4) is 11.8 Å². The minimum atomic E-state index is -0.304. The first kappa shape index (κ1) is 12.1. The molecule has 0 spiro atoms. The highest BCUT2D eigenvalue weighted by molar-refractivity contribution is 5.96. The Bertz CT molecular complexity index is 410. The molecule has 4 nitrogen and oxygen atoms in total. The summed E-state index contributed by atoms with van der Waals surface area (Å²) in [4.78, 5) is 13.4. The van der Waals surface area contributed by atoms with E-state index in [1.54, 1.807) is 18.2 Å². The summed E-state index contributed by atoms with van der Waals surface area (Å²) in [5.41, 5.74) is 0.242. The summed E-state index contributed by atoms with van der Waals surface area (Å²) in [7, 11) is 0. The third kappa shape index (κ3) is 2.74. The monoisotopic (exact) mass is 218 g/mol. The number of benzene rings is 1. The van der Waals surface area contributed by atoms with E-state index in [0.29, 0.717) is 6.54 Å². The topological polar surface area (TPSA) is 64.3 Å². The number of hydrogen-bond acceptors (Lipinski definition) is 3. The number of phenolic OH excluding ortho intramolecular Hbond substituents is 1. The van der Waals surface area contributed by atoms with Gasteiger partial charge in [0.2, 0.25) is 0 Å². The molecule has 0 heterocycles. The Morgan fingerprint density at radius 2 is 2.19 bits per heavy atom. The molecule has 0 aliphatic rings. The molecule has 0 saturated heterocycles. The Balaban J connectivity index is 2.91. The number of para-hydroxylation sites is 1. The lowest BCUT2D eigenvalue weighted by atomic mass is 10.1. The van der Waals surface area contributed by atoms with Gasteiger partial charge in [-0.2, -0.15) is 5.26 Å². The lowest BCUT2D eigenvalue weighted by molar-refractivity contribution is 0.0773. The van der Waals surface area contributed by atoms with Crippen molar-refractivity contribution < 1.29 is 9.90 Å². The molecule has 0 saturated carbocycles. The molecule has 84 valence electrons. The molecule has 16 heavy (non-hydrogen) atoms. The van der Waals surface area contributed by atoms with Crippen LogP contribution in [0, 0.1) is 11.3 Å². The zero-order chi connectivity index (χ0) is 12.0. The van der Waals surface area contributed by atoms with E-state index < -0.39 is 0 Å². The predicted molar refractivity (Wildman–Crippen MR) is 59.9 cm³/mol.